The van der Waals surface area contributed by atoms with E-state index in [2.05, 4.69) is 33.6 Å². The number of aromatic nitrogens is 2. The van der Waals surface area contributed by atoms with Crippen LogP contribution in [-0.4, -0.2) is 30.2 Å². The number of anilines is 2. The third-order valence-corrected chi connectivity index (χ3v) is 3.04. The zero-order valence-corrected chi connectivity index (χ0v) is 12.6. The van der Waals surface area contributed by atoms with Gasteiger partial charge in [-0.3, -0.25) is 4.98 Å². The summed E-state index contributed by atoms with van der Waals surface area (Å²) in [7, 11) is 1.68. The Balaban J connectivity index is 1.85. The first-order chi connectivity index (χ1) is 10.3. The quantitative estimate of drug-likeness (QED) is 0.781. The number of benzene rings is 1. The second kappa shape index (κ2) is 8.09. The molecule has 1 heterocycles. The van der Waals surface area contributed by atoms with Crippen LogP contribution >= 0.6 is 0 Å². The highest BCUT2D eigenvalue weighted by Gasteiger charge is 1.99. The molecule has 0 bridgehead atoms. The molecule has 0 unspecified atom stereocenters. The molecule has 0 spiro atoms. The minimum absolute atomic E-state index is 0.791. The minimum Gasteiger partial charge on any atom is -0.497 e. The zero-order valence-electron chi connectivity index (χ0n) is 12.6. The van der Waals surface area contributed by atoms with Gasteiger partial charge in [-0.15, -0.1) is 0 Å². The number of hydrogen-bond acceptors (Lipinski definition) is 5. The van der Waals surface area contributed by atoms with Gasteiger partial charge in [-0.05, 0) is 30.5 Å². The minimum atomic E-state index is 0.791. The van der Waals surface area contributed by atoms with Gasteiger partial charge in [0, 0.05) is 13.1 Å². The normalized spacial score (nSPS) is 10.2. The van der Waals surface area contributed by atoms with Gasteiger partial charge in [-0.2, -0.15) is 0 Å². The van der Waals surface area contributed by atoms with E-state index in [1.807, 2.05) is 18.2 Å². The van der Waals surface area contributed by atoms with Crippen LogP contribution in [0.2, 0.25) is 0 Å². The van der Waals surface area contributed by atoms with Crippen LogP contribution in [0.4, 0.5) is 11.6 Å². The Morgan fingerprint density at radius 2 is 1.86 bits per heavy atom. The van der Waals surface area contributed by atoms with Crippen molar-refractivity contribution in [3.63, 3.8) is 0 Å². The van der Waals surface area contributed by atoms with Gasteiger partial charge in [0.05, 0.1) is 19.5 Å². The molecule has 0 saturated heterocycles. The first-order valence-electron chi connectivity index (χ1n) is 7.24. The van der Waals surface area contributed by atoms with Crippen LogP contribution in [-0.2, 0) is 6.42 Å². The molecular weight excluding hydrogens is 264 g/mol. The second-order valence-corrected chi connectivity index (χ2v) is 4.74. The molecule has 2 rings (SSSR count). The highest BCUT2D eigenvalue weighted by molar-refractivity contribution is 5.41. The SMILES string of the molecule is CCCNc1cncc(NCCc2cccc(OC)c2)n1. The lowest BCUT2D eigenvalue weighted by Crippen LogP contribution is -2.09. The Bertz CT molecular complexity index is 559. The van der Waals surface area contributed by atoms with Crippen molar-refractivity contribution in [2.45, 2.75) is 19.8 Å². The summed E-state index contributed by atoms with van der Waals surface area (Å²) < 4.78 is 5.22. The maximum Gasteiger partial charge on any atom is 0.146 e. The Labute approximate surface area is 125 Å². The van der Waals surface area contributed by atoms with Crippen LogP contribution < -0.4 is 15.4 Å². The molecule has 0 aliphatic rings. The number of nitrogens with one attached hydrogen (secondary N) is 2. The highest BCUT2D eigenvalue weighted by atomic mass is 16.5. The van der Waals surface area contributed by atoms with Crippen molar-refractivity contribution in [1.29, 1.82) is 0 Å². The molecule has 112 valence electrons. The van der Waals surface area contributed by atoms with Crippen molar-refractivity contribution in [3.8, 4) is 5.75 Å². The molecule has 1 aromatic carbocycles. The van der Waals surface area contributed by atoms with Crippen molar-refractivity contribution in [3.05, 3.63) is 42.2 Å². The van der Waals surface area contributed by atoms with E-state index in [0.717, 1.165) is 43.3 Å². The lowest BCUT2D eigenvalue weighted by Gasteiger charge is -2.08. The van der Waals surface area contributed by atoms with Crippen molar-refractivity contribution in [2.24, 2.45) is 0 Å². The van der Waals surface area contributed by atoms with Crippen molar-refractivity contribution in [1.82, 2.24) is 9.97 Å². The van der Waals surface area contributed by atoms with Gasteiger partial charge >= 0.3 is 0 Å². The van der Waals surface area contributed by atoms with Crippen LogP contribution in [0.5, 0.6) is 5.75 Å². The van der Waals surface area contributed by atoms with E-state index in [4.69, 9.17) is 4.74 Å². The van der Waals surface area contributed by atoms with Gasteiger partial charge in [0.25, 0.3) is 0 Å². The van der Waals surface area contributed by atoms with Crippen molar-refractivity contribution >= 4 is 11.6 Å². The zero-order chi connectivity index (χ0) is 14.9. The predicted octanol–water partition coefficient (Wildman–Crippen LogP) is 2.96. The molecule has 0 atom stereocenters. The van der Waals surface area contributed by atoms with E-state index in [0.29, 0.717) is 0 Å². The monoisotopic (exact) mass is 286 g/mol. The van der Waals surface area contributed by atoms with Gasteiger partial charge in [0.2, 0.25) is 0 Å². The topological polar surface area (TPSA) is 59.1 Å². The van der Waals surface area contributed by atoms with E-state index in [9.17, 15) is 0 Å². The van der Waals surface area contributed by atoms with Gasteiger partial charge in [0.1, 0.15) is 17.4 Å². The fourth-order valence-corrected chi connectivity index (χ4v) is 1.95. The van der Waals surface area contributed by atoms with E-state index in [1.165, 1.54) is 5.56 Å². The van der Waals surface area contributed by atoms with Crippen molar-refractivity contribution in [2.75, 3.05) is 30.8 Å². The molecule has 0 aliphatic carbocycles. The highest BCUT2D eigenvalue weighted by Crippen LogP contribution is 2.13. The van der Waals surface area contributed by atoms with Crippen LogP contribution in [0.25, 0.3) is 0 Å². The van der Waals surface area contributed by atoms with E-state index in [-0.39, 0.29) is 0 Å². The van der Waals surface area contributed by atoms with E-state index < -0.39 is 0 Å². The van der Waals surface area contributed by atoms with E-state index >= 15 is 0 Å². The smallest absolute Gasteiger partial charge is 0.146 e. The van der Waals surface area contributed by atoms with Crippen LogP contribution in [0.1, 0.15) is 18.9 Å². The molecule has 0 saturated carbocycles. The molecule has 21 heavy (non-hydrogen) atoms. The Morgan fingerprint density at radius 1 is 1.10 bits per heavy atom. The summed E-state index contributed by atoms with van der Waals surface area (Å²) in [5.74, 6) is 2.49. The van der Waals surface area contributed by atoms with Crippen molar-refractivity contribution < 1.29 is 4.74 Å². The molecular formula is C16H22N4O. The van der Waals surface area contributed by atoms with Crippen LogP contribution in [0.15, 0.2) is 36.7 Å². The summed E-state index contributed by atoms with van der Waals surface area (Å²) in [6.07, 6.45) is 5.45. The third-order valence-electron chi connectivity index (χ3n) is 3.04. The first kappa shape index (κ1) is 15.1. The van der Waals surface area contributed by atoms with Gasteiger partial charge in [0.15, 0.2) is 0 Å². The summed E-state index contributed by atoms with van der Waals surface area (Å²) in [6, 6.07) is 8.09. The molecule has 0 amide bonds. The Kier molecular flexibility index (Phi) is 5.82. The summed E-state index contributed by atoms with van der Waals surface area (Å²) >= 11 is 0. The lowest BCUT2D eigenvalue weighted by atomic mass is 10.1. The van der Waals surface area contributed by atoms with Crippen LogP contribution in [0, 0.1) is 0 Å². The van der Waals surface area contributed by atoms with Gasteiger partial charge < -0.3 is 15.4 Å². The summed E-state index contributed by atoms with van der Waals surface area (Å²) in [5.41, 5.74) is 1.23. The lowest BCUT2D eigenvalue weighted by molar-refractivity contribution is 0.414. The summed E-state index contributed by atoms with van der Waals surface area (Å²) in [5, 5.41) is 6.52. The summed E-state index contributed by atoms with van der Waals surface area (Å²) in [4.78, 5) is 8.65. The number of rotatable bonds is 8. The molecule has 0 radical (unpaired) electrons. The molecule has 1 aromatic heterocycles. The molecule has 5 nitrogen and oxygen atoms in total. The number of ether oxygens (including phenoxy) is 1. The molecule has 5 heteroatoms. The van der Waals surface area contributed by atoms with Gasteiger partial charge in [-0.25, -0.2) is 4.98 Å². The first-order valence-corrected chi connectivity index (χ1v) is 7.24. The third kappa shape index (κ3) is 4.95. The fourth-order valence-electron chi connectivity index (χ4n) is 1.95. The fraction of sp³-hybridized carbons (Fsp3) is 0.375. The summed E-state index contributed by atoms with van der Waals surface area (Å²) in [6.45, 7) is 3.83. The second-order valence-electron chi connectivity index (χ2n) is 4.74. The largest absolute Gasteiger partial charge is 0.497 e. The molecule has 0 fully saturated rings. The Hall–Kier alpha value is -2.30. The maximum atomic E-state index is 5.22. The molecule has 2 aromatic rings. The number of nitrogens with zero attached hydrogens (tertiary/aromatic N) is 2. The number of hydrogen-bond donors (Lipinski definition) is 2. The standard InChI is InChI=1S/C16H22N4O/c1-3-8-18-15-11-17-12-16(20-15)19-9-7-13-5-4-6-14(10-13)21-2/h4-6,10-12H,3,7-9H2,1-2H3,(H2,18,19,20). The molecule has 2 N–H and O–H groups in total. The number of methoxy groups -OCH3 is 1. The molecule has 0 aliphatic heterocycles. The average molecular weight is 286 g/mol. The Morgan fingerprint density at radius 3 is 2.57 bits per heavy atom. The predicted molar refractivity (Wildman–Crippen MR) is 86.0 cm³/mol. The maximum absolute atomic E-state index is 5.22. The average Bonchev–Trinajstić information content (AvgIpc) is 2.53. The van der Waals surface area contributed by atoms with Crippen LogP contribution in [0.3, 0.4) is 0 Å². The van der Waals surface area contributed by atoms with E-state index in [1.54, 1.807) is 19.5 Å². The van der Waals surface area contributed by atoms with Gasteiger partial charge in [-0.1, -0.05) is 19.1 Å².